The molecule has 7 nitrogen and oxygen atoms in total. The summed E-state index contributed by atoms with van der Waals surface area (Å²) in [5, 5.41) is 21.2. The van der Waals surface area contributed by atoms with Crippen LogP contribution in [0.3, 0.4) is 0 Å². The molecule has 2 aromatic heterocycles. The van der Waals surface area contributed by atoms with Gasteiger partial charge in [0.25, 0.3) is 0 Å². The van der Waals surface area contributed by atoms with Crippen LogP contribution in [0.25, 0.3) is 10.4 Å². The highest BCUT2D eigenvalue weighted by Crippen LogP contribution is 2.33. The molecule has 2 atom stereocenters. The quantitative estimate of drug-likeness (QED) is 0.285. The number of carbonyl (C=O) groups excluding carboxylic acids is 1. The van der Waals surface area contributed by atoms with Gasteiger partial charge in [0.05, 0.1) is 18.0 Å². The molecule has 0 saturated heterocycles. The lowest BCUT2D eigenvalue weighted by Gasteiger charge is -2.28. The Bertz CT molecular complexity index is 1460. The molecule has 5 rings (SSSR count). The number of aromatic carboxylic acids is 1. The molecule has 2 N–H and O–H groups in total. The van der Waals surface area contributed by atoms with Gasteiger partial charge in [0.2, 0.25) is 5.91 Å². The molecule has 1 saturated carbocycles. The van der Waals surface area contributed by atoms with Crippen LogP contribution in [0.4, 0.5) is 5.69 Å². The third-order valence-electron chi connectivity index (χ3n) is 7.14. The number of rotatable bonds is 8. The number of carbonyl (C=O) groups is 2. The van der Waals surface area contributed by atoms with Crippen molar-refractivity contribution in [1.82, 2.24) is 9.55 Å². The molecule has 192 valence electrons. The summed E-state index contributed by atoms with van der Waals surface area (Å²) < 4.78 is 2.15. The summed E-state index contributed by atoms with van der Waals surface area (Å²) in [6.45, 7) is 0.705. The van der Waals surface area contributed by atoms with Gasteiger partial charge in [-0.1, -0.05) is 37.1 Å². The Balaban J connectivity index is 1.17. The monoisotopic (exact) mass is 524 g/mol. The SMILES string of the molecule is N#Cc1ccc(Cn2cncc2CC2CCCC(C(=O)Nc3ccc(-c4ccc(C(=O)O)s4)cc3)C2)cc1. The van der Waals surface area contributed by atoms with Crippen LogP contribution in [0, 0.1) is 23.2 Å². The van der Waals surface area contributed by atoms with Crippen LogP contribution in [0.2, 0.25) is 0 Å². The predicted octanol–water partition coefficient (Wildman–Crippen LogP) is 6.22. The van der Waals surface area contributed by atoms with Crippen LogP contribution in [-0.4, -0.2) is 26.5 Å². The number of thiophene rings is 1. The average molecular weight is 525 g/mol. The molecular formula is C30H28N4O3S. The first-order valence-electron chi connectivity index (χ1n) is 12.7. The van der Waals surface area contributed by atoms with E-state index in [0.29, 0.717) is 22.9 Å². The summed E-state index contributed by atoms with van der Waals surface area (Å²) in [7, 11) is 0. The van der Waals surface area contributed by atoms with Gasteiger partial charge in [-0.2, -0.15) is 5.26 Å². The average Bonchev–Trinajstić information content (AvgIpc) is 3.60. The van der Waals surface area contributed by atoms with E-state index in [1.807, 2.05) is 61.1 Å². The second kappa shape index (κ2) is 11.4. The van der Waals surface area contributed by atoms with Crippen molar-refractivity contribution >= 4 is 28.9 Å². The molecule has 0 aliphatic heterocycles. The molecule has 1 amide bonds. The fourth-order valence-electron chi connectivity index (χ4n) is 5.12. The Hall–Kier alpha value is -4.22. The number of carboxylic acids is 1. The normalized spacial score (nSPS) is 17.0. The van der Waals surface area contributed by atoms with Gasteiger partial charge in [-0.05, 0) is 72.7 Å². The third kappa shape index (κ3) is 6.01. The van der Waals surface area contributed by atoms with Crippen LogP contribution < -0.4 is 5.32 Å². The highest BCUT2D eigenvalue weighted by atomic mass is 32.1. The first-order valence-corrected chi connectivity index (χ1v) is 13.5. The molecule has 2 heterocycles. The van der Waals surface area contributed by atoms with Crippen molar-refractivity contribution in [1.29, 1.82) is 5.26 Å². The van der Waals surface area contributed by atoms with Gasteiger partial charge < -0.3 is 15.0 Å². The van der Waals surface area contributed by atoms with E-state index >= 15 is 0 Å². The summed E-state index contributed by atoms with van der Waals surface area (Å²) in [4.78, 5) is 29.8. The summed E-state index contributed by atoms with van der Waals surface area (Å²) in [5.74, 6) is -0.483. The molecule has 0 radical (unpaired) electrons. The molecule has 0 bridgehead atoms. The molecule has 4 aromatic rings. The second-order valence-corrected chi connectivity index (χ2v) is 10.9. The van der Waals surface area contributed by atoms with E-state index in [4.69, 9.17) is 10.4 Å². The second-order valence-electron chi connectivity index (χ2n) is 9.79. The van der Waals surface area contributed by atoms with Gasteiger partial charge in [-0.15, -0.1) is 11.3 Å². The Morgan fingerprint density at radius 3 is 2.58 bits per heavy atom. The van der Waals surface area contributed by atoms with Crippen molar-refractivity contribution in [2.45, 2.75) is 38.6 Å². The summed E-state index contributed by atoms with van der Waals surface area (Å²) >= 11 is 1.24. The maximum absolute atomic E-state index is 13.1. The van der Waals surface area contributed by atoms with Crippen LogP contribution in [-0.2, 0) is 17.8 Å². The Morgan fingerprint density at radius 1 is 1.08 bits per heavy atom. The van der Waals surface area contributed by atoms with Crippen LogP contribution in [0.15, 0.2) is 73.2 Å². The molecule has 8 heteroatoms. The number of carboxylic acid groups (broad SMARTS) is 1. The number of nitriles is 1. The Labute approximate surface area is 225 Å². The lowest BCUT2D eigenvalue weighted by molar-refractivity contribution is -0.121. The third-order valence-corrected chi connectivity index (χ3v) is 8.26. The zero-order chi connectivity index (χ0) is 26.5. The highest BCUT2D eigenvalue weighted by molar-refractivity contribution is 7.17. The number of amides is 1. The lowest BCUT2D eigenvalue weighted by Crippen LogP contribution is -2.29. The van der Waals surface area contributed by atoms with Crippen LogP contribution in [0.1, 0.15) is 52.2 Å². The zero-order valence-electron chi connectivity index (χ0n) is 20.8. The van der Waals surface area contributed by atoms with E-state index < -0.39 is 5.97 Å². The molecule has 2 aromatic carbocycles. The minimum absolute atomic E-state index is 0.0289. The van der Waals surface area contributed by atoms with Crippen molar-refractivity contribution in [2.24, 2.45) is 11.8 Å². The first kappa shape index (κ1) is 25.4. The molecule has 1 aliphatic carbocycles. The van der Waals surface area contributed by atoms with Gasteiger partial charge in [0, 0.05) is 34.9 Å². The highest BCUT2D eigenvalue weighted by Gasteiger charge is 2.28. The van der Waals surface area contributed by atoms with E-state index in [1.165, 1.54) is 11.3 Å². The van der Waals surface area contributed by atoms with Gasteiger partial charge in [-0.25, -0.2) is 9.78 Å². The standard InChI is InChI=1S/C30H28N4O3S/c31-16-20-4-6-21(7-5-20)18-34-19-32-17-26(34)15-22-2-1-3-24(14-22)29(35)33-25-10-8-23(9-11-25)27-12-13-28(38-27)30(36)37/h4-13,17,19,22,24H,1-3,14-15,18H2,(H,33,35)(H,36,37). The smallest absolute Gasteiger partial charge is 0.345 e. The minimum Gasteiger partial charge on any atom is -0.477 e. The van der Waals surface area contributed by atoms with E-state index in [-0.39, 0.29) is 11.8 Å². The summed E-state index contributed by atoms with van der Waals surface area (Å²) in [6, 6.07) is 20.7. The Morgan fingerprint density at radius 2 is 1.87 bits per heavy atom. The van der Waals surface area contributed by atoms with Gasteiger partial charge in [-0.3, -0.25) is 4.79 Å². The summed E-state index contributed by atoms with van der Waals surface area (Å²) in [6.07, 6.45) is 8.51. The molecule has 2 unspecified atom stereocenters. The van der Waals surface area contributed by atoms with E-state index in [0.717, 1.165) is 59.5 Å². The fraction of sp³-hybridized carbons (Fsp3) is 0.267. The molecule has 0 spiro atoms. The number of hydrogen-bond donors (Lipinski definition) is 2. The maximum atomic E-state index is 13.1. The number of hydrogen-bond acceptors (Lipinski definition) is 5. The van der Waals surface area contributed by atoms with Crippen molar-refractivity contribution in [2.75, 3.05) is 5.32 Å². The van der Waals surface area contributed by atoms with Crippen LogP contribution >= 0.6 is 11.3 Å². The Kier molecular flexibility index (Phi) is 7.66. The number of imidazole rings is 1. The number of benzene rings is 2. The van der Waals surface area contributed by atoms with Crippen molar-refractivity contribution in [3.63, 3.8) is 0 Å². The van der Waals surface area contributed by atoms with Gasteiger partial charge in [0.15, 0.2) is 0 Å². The van der Waals surface area contributed by atoms with Crippen molar-refractivity contribution in [3.8, 4) is 16.5 Å². The number of aromatic nitrogens is 2. The minimum atomic E-state index is -0.924. The van der Waals surface area contributed by atoms with Gasteiger partial charge >= 0.3 is 5.97 Å². The van der Waals surface area contributed by atoms with Crippen molar-refractivity contribution < 1.29 is 14.7 Å². The zero-order valence-corrected chi connectivity index (χ0v) is 21.7. The van der Waals surface area contributed by atoms with E-state index in [1.54, 1.807) is 12.1 Å². The first-order chi connectivity index (χ1) is 18.5. The maximum Gasteiger partial charge on any atom is 0.345 e. The number of nitrogens with zero attached hydrogens (tertiary/aromatic N) is 3. The van der Waals surface area contributed by atoms with Gasteiger partial charge in [0.1, 0.15) is 4.88 Å². The molecule has 38 heavy (non-hydrogen) atoms. The largest absolute Gasteiger partial charge is 0.477 e. The fourth-order valence-corrected chi connectivity index (χ4v) is 5.97. The molecular weight excluding hydrogens is 496 g/mol. The lowest BCUT2D eigenvalue weighted by atomic mass is 9.79. The topological polar surface area (TPSA) is 108 Å². The summed E-state index contributed by atoms with van der Waals surface area (Å²) in [5.41, 5.74) is 4.61. The van der Waals surface area contributed by atoms with Crippen LogP contribution in [0.5, 0.6) is 0 Å². The number of anilines is 1. The van der Waals surface area contributed by atoms with E-state index in [9.17, 15) is 9.59 Å². The van der Waals surface area contributed by atoms with Crippen molar-refractivity contribution in [3.05, 3.63) is 94.9 Å². The molecule has 1 fully saturated rings. The predicted molar refractivity (Wildman–Crippen MR) is 147 cm³/mol. The molecule has 1 aliphatic rings. The number of nitrogens with one attached hydrogen (secondary N) is 1. The van der Waals surface area contributed by atoms with E-state index in [2.05, 4.69) is 20.9 Å².